The molecule has 0 aromatic carbocycles. The molecule has 0 radical (unpaired) electrons. The highest BCUT2D eigenvalue weighted by atomic mass is 16.3. The van der Waals surface area contributed by atoms with Gasteiger partial charge < -0.3 is 5.11 Å². The minimum Gasteiger partial charge on any atom is -0.393 e. The van der Waals surface area contributed by atoms with Gasteiger partial charge in [0.1, 0.15) is 0 Å². The molecule has 0 spiro atoms. The van der Waals surface area contributed by atoms with Crippen molar-refractivity contribution in [1.82, 2.24) is 0 Å². The molecule has 2 aliphatic carbocycles. The first-order valence-electron chi connectivity index (χ1n) is 6.52. The van der Waals surface area contributed by atoms with Crippen LogP contribution in [0, 0.1) is 11.8 Å². The van der Waals surface area contributed by atoms with Crippen LogP contribution >= 0.6 is 0 Å². The second kappa shape index (κ2) is 5.16. The molecule has 1 heteroatoms. The van der Waals surface area contributed by atoms with Crippen molar-refractivity contribution in [3.05, 3.63) is 0 Å². The fourth-order valence-corrected chi connectivity index (χ4v) is 3.00. The highest BCUT2D eigenvalue weighted by Gasteiger charge is 2.21. The summed E-state index contributed by atoms with van der Waals surface area (Å²) in [6.45, 7) is 0. The molecule has 0 amide bonds. The molecule has 0 aromatic heterocycles. The number of rotatable bonds is 4. The van der Waals surface area contributed by atoms with Crippen LogP contribution in [0.5, 0.6) is 0 Å². The highest BCUT2D eigenvalue weighted by Crippen LogP contribution is 2.33. The van der Waals surface area contributed by atoms with E-state index >= 15 is 0 Å². The smallest absolute Gasteiger partial charge is 0.0542 e. The van der Waals surface area contributed by atoms with Gasteiger partial charge in [0.15, 0.2) is 0 Å². The minimum absolute atomic E-state index is 0.0254. The first-order chi connectivity index (χ1) is 6.84. The van der Waals surface area contributed by atoms with Gasteiger partial charge in [-0.3, -0.25) is 0 Å². The predicted molar refractivity (Wildman–Crippen MR) is 59.2 cm³/mol. The zero-order valence-corrected chi connectivity index (χ0v) is 9.25. The van der Waals surface area contributed by atoms with Crippen molar-refractivity contribution in [1.29, 1.82) is 0 Å². The molecule has 2 aliphatic rings. The molecule has 2 unspecified atom stereocenters. The van der Waals surface area contributed by atoms with E-state index in [1.807, 2.05) is 0 Å². The molecular formula is C13H24O. The Bertz CT molecular complexity index is 163. The molecule has 2 saturated carbocycles. The van der Waals surface area contributed by atoms with Crippen molar-refractivity contribution >= 4 is 0 Å². The summed E-state index contributed by atoms with van der Waals surface area (Å²) in [7, 11) is 0. The van der Waals surface area contributed by atoms with Crippen LogP contribution in [0.4, 0.5) is 0 Å². The van der Waals surface area contributed by atoms with Crippen LogP contribution < -0.4 is 0 Å². The van der Waals surface area contributed by atoms with Gasteiger partial charge in [-0.15, -0.1) is 0 Å². The molecule has 0 saturated heterocycles. The maximum absolute atomic E-state index is 9.55. The van der Waals surface area contributed by atoms with E-state index in [0.29, 0.717) is 0 Å². The maximum atomic E-state index is 9.55. The van der Waals surface area contributed by atoms with Gasteiger partial charge >= 0.3 is 0 Å². The standard InChI is InChI=1S/C13H24O/c14-13-9-3-8-12(10-13)7-2-6-11-4-1-5-11/h11-14H,1-10H2. The Kier molecular flexibility index (Phi) is 3.86. The Labute approximate surface area is 87.9 Å². The molecule has 0 bridgehead atoms. The molecule has 1 nitrogen and oxygen atoms in total. The molecule has 2 atom stereocenters. The third kappa shape index (κ3) is 2.98. The van der Waals surface area contributed by atoms with Crippen LogP contribution in [0.1, 0.15) is 64.2 Å². The first-order valence-corrected chi connectivity index (χ1v) is 6.52. The van der Waals surface area contributed by atoms with Crippen molar-refractivity contribution in [3.63, 3.8) is 0 Å². The second-order valence-corrected chi connectivity index (χ2v) is 5.41. The fourth-order valence-electron chi connectivity index (χ4n) is 3.00. The average Bonchev–Trinajstić information content (AvgIpc) is 2.09. The van der Waals surface area contributed by atoms with Crippen molar-refractivity contribution in [3.8, 4) is 0 Å². The van der Waals surface area contributed by atoms with Gasteiger partial charge in [0.25, 0.3) is 0 Å². The lowest BCUT2D eigenvalue weighted by atomic mass is 9.79. The average molecular weight is 196 g/mol. The van der Waals surface area contributed by atoms with Crippen LogP contribution in [-0.4, -0.2) is 11.2 Å². The van der Waals surface area contributed by atoms with Crippen molar-refractivity contribution < 1.29 is 5.11 Å². The number of aliphatic hydroxyl groups excluding tert-OH is 1. The Balaban J connectivity index is 1.55. The van der Waals surface area contributed by atoms with Gasteiger partial charge in [-0.2, -0.15) is 0 Å². The summed E-state index contributed by atoms with van der Waals surface area (Å²) in [5.41, 5.74) is 0. The van der Waals surface area contributed by atoms with E-state index in [1.165, 1.54) is 51.4 Å². The highest BCUT2D eigenvalue weighted by molar-refractivity contribution is 4.74. The third-order valence-electron chi connectivity index (χ3n) is 4.20. The first kappa shape index (κ1) is 10.5. The Morgan fingerprint density at radius 1 is 0.857 bits per heavy atom. The van der Waals surface area contributed by atoms with E-state index in [9.17, 15) is 5.11 Å². The predicted octanol–water partition coefficient (Wildman–Crippen LogP) is 3.51. The summed E-state index contributed by atoms with van der Waals surface area (Å²) < 4.78 is 0. The zero-order chi connectivity index (χ0) is 9.80. The van der Waals surface area contributed by atoms with E-state index in [4.69, 9.17) is 0 Å². The molecule has 14 heavy (non-hydrogen) atoms. The van der Waals surface area contributed by atoms with E-state index in [0.717, 1.165) is 24.7 Å². The van der Waals surface area contributed by atoms with Crippen molar-refractivity contribution in [2.24, 2.45) is 11.8 Å². The summed E-state index contributed by atoms with van der Waals surface area (Å²) in [5.74, 6) is 1.92. The van der Waals surface area contributed by atoms with Gasteiger partial charge in [0.2, 0.25) is 0 Å². The summed E-state index contributed by atoms with van der Waals surface area (Å²) in [4.78, 5) is 0. The summed E-state index contributed by atoms with van der Waals surface area (Å²) in [6, 6.07) is 0. The van der Waals surface area contributed by atoms with Gasteiger partial charge in [0.05, 0.1) is 6.10 Å². The second-order valence-electron chi connectivity index (χ2n) is 5.41. The number of hydrogen-bond donors (Lipinski definition) is 1. The molecular weight excluding hydrogens is 172 g/mol. The number of hydrogen-bond acceptors (Lipinski definition) is 1. The van der Waals surface area contributed by atoms with Crippen LogP contribution in [0.2, 0.25) is 0 Å². The fraction of sp³-hybridized carbons (Fsp3) is 1.00. The lowest BCUT2D eigenvalue weighted by molar-refractivity contribution is 0.0963. The van der Waals surface area contributed by atoms with Gasteiger partial charge in [-0.1, -0.05) is 51.4 Å². The lowest BCUT2D eigenvalue weighted by Gasteiger charge is -2.28. The van der Waals surface area contributed by atoms with Gasteiger partial charge in [0, 0.05) is 0 Å². The summed E-state index contributed by atoms with van der Waals surface area (Å²) >= 11 is 0. The quantitative estimate of drug-likeness (QED) is 0.729. The monoisotopic (exact) mass is 196 g/mol. The SMILES string of the molecule is OC1CCCC(CCCC2CCC2)C1. The van der Waals surface area contributed by atoms with Crippen LogP contribution in [0.3, 0.4) is 0 Å². The van der Waals surface area contributed by atoms with Crippen LogP contribution in [0.25, 0.3) is 0 Å². The number of aliphatic hydroxyl groups is 1. The molecule has 2 fully saturated rings. The minimum atomic E-state index is 0.0254. The Morgan fingerprint density at radius 3 is 2.14 bits per heavy atom. The van der Waals surface area contributed by atoms with E-state index < -0.39 is 0 Å². The van der Waals surface area contributed by atoms with Crippen molar-refractivity contribution in [2.75, 3.05) is 0 Å². The topological polar surface area (TPSA) is 20.2 Å². The normalized spacial score (nSPS) is 34.1. The molecule has 1 N–H and O–H groups in total. The molecule has 2 rings (SSSR count). The van der Waals surface area contributed by atoms with Crippen LogP contribution in [-0.2, 0) is 0 Å². The van der Waals surface area contributed by atoms with Gasteiger partial charge in [-0.05, 0) is 24.7 Å². The maximum Gasteiger partial charge on any atom is 0.0542 e. The molecule has 0 heterocycles. The molecule has 0 aliphatic heterocycles. The van der Waals surface area contributed by atoms with E-state index in [2.05, 4.69) is 0 Å². The van der Waals surface area contributed by atoms with E-state index in [1.54, 1.807) is 0 Å². The zero-order valence-electron chi connectivity index (χ0n) is 9.25. The van der Waals surface area contributed by atoms with Crippen LogP contribution in [0.15, 0.2) is 0 Å². The third-order valence-corrected chi connectivity index (χ3v) is 4.20. The largest absolute Gasteiger partial charge is 0.393 e. The summed E-state index contributed by atoms with van der Waals surface area (Å²) in [5, 5.41) is 9.55. The van der Waals surface area contributed by atoms with Crippen molar-refractivity contribution in [2.45, 2.75) is 70.3 Å². The van der Waals surface area contributed by atoms with E-state index in [-0.39, 0.29) is 6.10 Å². The molecule has 82 valence electrons. The Morgan fingerprint density at radius 2 is 1.50 bits per heavy atom. The summed E-state index contributed by atoms with van der Waals surface area (Å²) in [6.07, 6.45) is 13.5. The Hall–Kier alpha value is -0.0400. The lowest BCUT2D eigenvalue weighted by Crippen LogP contribution is -2.20. The molecule has 0 aromatic rings. The van der Waals surface area contributed by atoms with Gasteiger partial charge in [-0.25, -0.2) is 0 Å².